The Bertz CT molecular complexity index is 152. The van der Waals surface area contributed by atoms with E-state index in [1.54, 1.807) is 6.08 Å². The number of nitrogens with one attached hydrogen (secondary N) is 1. The van der Waals surface area contributed by atoms with Crippen molar-refractivity contribution >= 4 is 0 Å². The number of hydrogen-bond donors (Lipinski definition) is 2. The van der Waals surface area contributed by atoms with Crippen LogP contribution in [-0.2, 0) is 4.74 Å². The van der Waals surface area contributed by atoms with Crippen molar-refractivity contribution in [3.05, 3.63) is 24.1 Å². The first-order valence-corrected chi connectivity index (χ1v) is 3.28. The smallest absolute Gasteiger partial charge is 0.187 e. The number of hydrogen-bond acceptors (Lipinski definition) is 3. The molecule has 0 bridgehead atoms. The van der Waals surface area contributed by atoms with Crippen molar-refractivity contribution in [2.45, 2.75) is 0 Å². The van der Waals surface area contributed by atoms with E-state index in [4.69, 9.17) is 10.5 Å². The van der Waals surface area contributed by atoms with Crippen molar-refractivity contribution < 1.29 is 4.74 Å². The standard InChI is InChI=1S/C7H11N2O/c8-4-6-10-7-3-1-2-5-9-7/h2-3,9H,4-6,8H2. The first-order chi connectivity index (χ1) is 4.93. The summed E-state index contributed by atoms with van der Waals surface area (Å²) in [5.74, 6) is 0.757. The number of ether oxygens (including phenoxy) is 1. The van der Waals surface area contributed by atoms with Crippen LogP contribution in [-0.4, -0.2) is 19.7 Å². The Hall–Kier alpha value is -0.960. The van der Waals surface area contributed by atoms with Crippen molar-refractivity contribution in [3.63, 3.8) is 0 Å². The molecule has 0 saturated heterocycles. The molecule has 0 aliphatic carbocycles. The molecule has 0 atom stereocenters. The lowest BCUT2D eigenvalue weighted by molar-refractivity contribution is 0.200. The second-order valence-corrected chi connectivity index (χ2v) is 1.90. The minimum Gasteiger partial charge on any atom is -0.478 e. The van der Waals surface area contributed by atoms with E-state index in [0.29, 0.717) is 13.2 Å². The van der Waals surface area contributed by atoms with Gasteiger partial charge in [-0.3, -0.25) is 0 Å². The summed E-state index contributed by atoms with van der Waals surface area (Å²) in [7, 11) is 0. The second kappa shape index (κ2) is 3.95. The minimum absolute atomic E-state index is 0.544. The van der Waals surface area contributed by atoms with Crippen LogP contribution < -0.4 is 11.1 Å². The van der Waals surface area contributed by atoms with Gasteiger partial charge in [-0.2, -0.15) is 0 Å². The van der Waals surface area contributed by atoms with Crippen LogP contribution in [0, 0.1) is 6.08 Å². The second-order valence-electron chi connectivity index (χ2n) is 1.90. The van der Waals surface area contributed by atoms with Gasteiger partial charge in [-0.05, 0) is 6.08 Å². The van der Waals surface area contributed by atoms with Gasteiger partial charge in [0.25, 0.3) is 0 Å². The molecule has 1 aliphatic rings. The minimum atomic E-state index is 0.544. The summed E-state index contributed by atoms with van der Waals surface area (Å²) in [5, 5.41) is 3.02. The average Bonchev–Trinajstić information content (AvgIpc) is 2.03. The third-order valence-electron chi connectivity index (χ3n) is 1.09. The SMILES string of the molecule is NCCOC1=C[C]=CCN1. The quantitative estimate of drug-likeness (QED) is 0.567. The van der Waals surface area contributed by atoms with E-state index in [1.165, 1.54) is 0 Å². The van der Waals surface area contributed by atoms with E-state index in [0.717, 1.165) is 12.4 Å². The van der Waals surface area contributed by atoms with E-state index in [9.17, 15) is 0 Å². The van der Waals surface area contributed by atoms with Gasteiger partial charge < -0.3 is 15.8 Å². The normalized spacial score (nSPS) is 15.9. The van der Waals surface area contributed by atoms with Crippen LogP contribution in [0.1, 0.15) is 0 Å². The maximum absolute atomic E-state index is 5.24. The Labute approximate surface area is 60.5 Å². The Morgan fingerprint density at radius 2 is 2.70 bits per heavy atom. The number of rotatable bonds is 3. The highest BCUT2D eigenvalue weighted by atomic mass is 16.5. The van der Waals surface area contributed by atoms with E-state index < -0.39 is 0 Å². The maximum atomic E-state index is 5.24. The summed E-state index contributed by atoms with van der Waals surface area (Å²) >= 11 is 0. The molecule has 0 saturated carbocycles. The number of nitrogens with two attached hydrogens (primary N) is 1. The summed E-state index contributed by atoms with van der Waals surface area (Å²) in [4.78, 5) is 0. The van der Waals surface area contributed by atoms with Crippen molar-refractivity contribution in [3.8, 4) is 0 Å². The van der Waals surface area contributed by atoms with Crippen LogP contribution in [0.25, 0.3) is 0 Å². The molecule has 0 spiro atoms. The Morgan fingerprint density at radius 3 is 3.30 bits per heavy atom. The molecule has 0 aromatic carbocycles. The largest absolute Gasteiger partial charge is 0.478 e. The number of dihydropyridines is 1. The summed E-state index contributed by atoms with van der Waals surface area (Å²) in [5.41, 5.74) is 5.24. The van der Waals surface area contributed by atoms with Crippen molar-refractivity contribution in [2.75, 3.05) is 19.7 Å². The Balaban J connectivity index is 2.25. The molecule has 3 nitrogen and oxygen atoms in total. The molecular formula is C7H11N2O. The first-order valence-electron chi connectivity index (χ1n) is 3.28. The average molecular weight is 139 g/mol. The van der Waals surface area contributed by atoms with Gasteiger partial charge in [-0.25, -0.2) is 0 Å². The predicted molar refractivity (Wildman–Crippen MR) is 38.9 cm³/mol. The Kier molecular flexibility index (Phi) is 2.83. The predicted octanol–water partition coefficient (Wildman–Crippen LogP) is -0.234. The highest BCUT2D eigenvalue weighted by Gasteiger charge is 1.96. The zero-order valence-corrected chi connectivity index (χ0v) is 5.76. The Morgan fingerprint density at radius 1 is 1.80 bits per heavy atom. The van der Waals surface area contributed by atoms with Crippen LogP contribution in [0.5, 0.6) is 0 Å². The third-order valence-corrected chi connectivity index (χ3v) is 1.09. The monoisotopic (exact) mass is 139 g/mol. The molecule has 3 heteroatoms. The summed E-state index contributed by atoms with van der Waals surface area (Å²) < 4.78 is 5.17. The van der Waals surface area contributed by atoms with Gasteiger partial charge in [0.1, 0.15) is 6.61 Å². The highest BCUT2D eigenvalue weighted by molar-refractivity contribution is 5.06. The van der Waals surface area contributed by atoms with Crippen LogP contribution in [0.15, 0.2) is 18.0 Å². The molecular weight excluding hydrogens is 128 g/mol. The van der Waals surface area contributed by atoms with Gasteiger partial charge in [-0.1, -0.05) is 6.08 Å². The van der Waals surface area contributed by atoms with Gasteiger partial charge in [-0.15, -0.1) is 0 Å². The summed E-state index contributed by atoms with van der Waals surface area (Å²) in [6, 6.07) is 0. The van der Waals surface area contributed by atoms with E-state index in [2.05, 4.69) is 11.4 Å². The first kappa shape index (κ1) is 7.15. The fourth-order valence-corrected chi connectivity index (χ4v) is 0.658. The van der Waals surface area contributed by atoms with Crippen molar-refractivity contribution in [2.24, 2.45) is 5.73 Å². The maximum Gasteiger partial charge on any atom is 0.187 e. The molecule has 0 fully saturated rings. The lowest BCUT2D eigenvalue weighted by atomic mass is 10.4. The van der Waals surface area contributed by atoms with E-state index in [-0.39, 0.29) is 0 Å². The molecule has 3 N–H and O–H groups in total. The molecule has 0 aromatic rings. The van der Waals surface area contributed by atoms with Crippen LogP contribution in [0.2, 0.25) is 0 Å². The summed E-state index contributed by atoms with van der Waals surface area (Å²) in [6.45, 7) is 1.89. The molecule has 1 rings (SSSR count). The highest BCUT2D eigenvalue weighted by Crippen LogP contribution is 1.95. The van der Waals surface area contributed by atoms with Crippen LogP contribution >= 0.6 is 0 Å². The third kappa shape index (κ3) is 2.11. The topological polar surface area (TPSA) is 47.3 Å². The van der Waals surface area contributed by atoms with Gasteiger partial charge in [0.15, 0.2) is 5.88 Å². The molecule has 0 unspecified atom stereocenters. The fourth-order valence-electron chi connectivity index (χ4n) is 0.658. The van der Waals surface area contributed by atoms with Crippen molar-refractivity contribution in [1.29, 1.82) is 0 Å². The van der Waals surface area contributed by atoms with Crippen LogP contribution in [0.4, 0.5) is 0 Å². The zero-order valence-electron chi connectivity index (χ0n) is 5.76. The molecule has 0 aromatic heterocycles. The van der Waals surface area contributed by atoms with Gasteiger partial charge in [0.05, 0.1) is 0 Å². The molecule has 0 amide bonds. The van der Waals surface area contributed by atoms with E-state index >= 15 is 0 Å². The number of allylic oxidation sites excluding steroid dienone is 2. The molecule has 1 aliphatic heterocycles. The molecule has 55 valence electrons. The lowest BCUT2D eigenvalue weighted by Gasteiger charge is -2.11. The molecule has 10 heavy (non-hydrogen) atoms. The van der Waals surface area contributed by atoms with Gasteiger partial charge in [0, 0.05) is 19.2 Å². The van der Waals surface area contributed by atoms with Gasteiger partial charge in [0.2, 0.25) is 0 Å². The molecule has 1 heterocycles. The van der Waals surface area contributed by atoms with E-state index in [1.807, 2.05) is 6.08 Å². The fraction of sp³-hybridized carbons (Fsp3) is 0.429. The molecule has 1 radical (unpaired) electrons. The lowest BCUT2D eigenvalue weighted by Crippen LogP contribution is -2.20. The summed E-state index contributed by atoms with van der Waals surface area (Å²) in [6.07, 6.45) is 6.59. The van der Waals surface area contributed by atoms with Crippen LogP contribution in [0.3, 0.4) is 0 Å². The zero-order chi connectivity index (χ0) is 7.23. The van der Waals surface area contributed by atoms with Crippen molar-refractivity contribution in [1.82, 2.24) is 5.32 Å². The van der Waals surface area contributed by atoms with Gasteiger partial charge >= 0.3 is 0 Å².